The van der Waals surface area contributed by atoms with Gasteiger partial charge in [-0.1, -0.05) is 18.2 Å². The Morgan fingerprint density at radius 1 is 1.03 bits per heavy atom. The molecule has 2 aromatic carbocycles. The third kappa shape index (κ3) is 5.33. The number of carbonyl (C=O) groups is 1. The second-order valence-electron chi connectivity index (χ2n) is 6.91. The minimum Gasteiger partial charge on any atom is -0.354 e. The molecule has 0 aromatic heterocycles. The highest BCUT2D eigenvalue weighted by Gasteiger charge is 2.43. The monoisotopic (exact) mass is 445 g/mol. The summed E-state index contributed by atoms with van der Waals surface area (Å²) < 4.78 is 61.8. The van der Waals surface area contributed by atoms with Crippen LogP contribution in [0.5, 0.6) is 0 Å². The number of sulfone groups is 1. The molecule has 0 atom stereocenters. The van der Waals surface area contributed by atoms with Gasteiger partial charge in [0.2, 0.25) is 5.91 Å². The van der Waals surface area contributed by atoms with E-state index in [1.54, 1.807) is 0 Å². The molecule has 158 valence electrons. The lowest BCUT2D eigenvalue weighted by atomic mass is 10.2. The molecule has 0 fully saturated rings. The number of nitrogens with one attached hydrogen (secondary N) is 1. The molecule has 0 bridgehead atoms. The van der Waals surface area contributed by atoms with Crippen LogP contribution in [-0.4, -0.2) is 31.4 Å². The van der Waals surface area contributed by atoms with Crippen molar-refractivity contribution in [2.75, 3.05) is 12.3 Å². The topological polar surface area (TPSA) is 63.2 Å². The van der Waals surface area contributed by atoms with Crippen molar-refractivity contribution in [2.24, 2.45) is 0 Å². The van der Waals surface area contributed by atoms with Gasteiger partial charge in [-0.25, -0.2) is 8.42 Å². The maximum Gasteiger partial charge on any atom is 0.416 e. The normalized spacial score (nSPS) is 12.6. The average molecular weight is 446 g/mol. The van der Waals surface area contributed by atoms with E-state index in [1.807, 2.05) is 31.2 Å². The second-order valence-corrected chi connectivity index (χ2v) is 10.5. The summed E-state index contributed by atoms with van der Waals surface area (Å²) in [4.78, 5) is 13.2. The molecule has 1 amide bonds. The molecule has 0 radical (unpaired) electrons. The van der Waals surface area contributed by atoms with E-state index in [4.69, 9.17) is 0 Å². The Hall–Kier alpha value is -2.00. The Kier molecular flexibility index (Phi) is 7.06. The first kappa shape index (κ1) is 23.3. The molecule has 0 heterocycles. The SMILES string of the molecule is Cc1ccccc1SCCNC(=O)C(C)(C)S(=O)(=O)c1ccc(C(F)(F)F)cc1. The van der Waals surface area contributed by atoms with E-state index in [2.05, 4.69) is 5.32 Å². The lowest BCUT2D eigenvalue weighted by Gasteiger charge is -2.24. The molecular weight excluding hydrogens is 423 g/mol. The smallest absolute Gasteiger partial charge is 0.354 e. The number of hydrogen-bond acceptors (Lipinski definition) is 4. The predicted molar refractivity (Wildman–Crippen MR) is 108 cm³/mol. The number of benzene rings is 2. The van der Waals surface area contributed by atoms with Gasteiger partial charge in [0.25, 0.3) is 0 Å². The van der Waals surface area contributed by atoms with Crippen molar-refractivity contribution in [3.8, 4) is 0 Å². The van der Waals surface area contributed by atoms with Crippen molar-refractivity contribution in [1.29, 1.82) is 0 Å². The molecule has 0 saturated heterocycles. The van der Waals surface area contributed by atoms with Crippen LogP contribution in [-0.2, 0) is 20.8 Å². The molecule has 9 heteroatoms. The van der Waals surface area contributed by atoms with Crippen LogP contribution >= 0.6 is 11.8 Å². The number of rotatable bonds is 7. The fourth-order valence-electron chi connectivity index (χ4n) is 2.50. The van der Waals surface area contributed by atoms with Crippen LogP contribution < -0.4 is 5.32 Å². The van der Waals surface area contributed by atoms with Gasteiger partial charge in [0.05, 0.1) is 10.5 Å². The highest BCUT2D eigenvalue weighted by molar-refractivity contribution is 7.99. The van der Waals surface area contributed by atoms with Crippen molar-refractivity contribution in [2.45, 2.75) is 41.5 Å². The summed E-state index contributed by atoms with van der Waals surface area (Å²) in [7, 11) is -4.18. The van der Waals surface area contributed by atoms with E-state index in [1.165, 1.54) is 25.6 Å². The third-order valence-corrected chi connectivity index (χ3v) is 8.05. The van der Waals surface area contributed by atoms with E-state index in [-0.39, 0.29) is 11.4 Å². The molecule has 0 spiro atoms. The maximum atomic E-state index is 12.8. The quantitative estimate of drug-likeness (QED) is 0.504. The fraction of sp³-hybridized carbons (Fsp3) is 0.350. The standard InChI is InChI=1S/C20H22F3NO3S2/c1-14-6-4-5-7-17(14)28-13-12-24-18(25)19(2,3)29(26,27)16-10-8-15(9-11-16)20(21,22)23/h4-11H,12-13H2,1-3H3,(H,24,25). The maximum absolute atomic E-state index is 12.8. The fourth-order valence-corrected chi connectivity index (χ4v) is 4.79. The minimum absolute atomic E-state index is 0.254. The van der Waals surface area contributed by atoms with Gasteiger partial charge in [0.1, 0.15) is 4.75 Å². The van der Waals surface area contributed by atoms with Crippen molar-refractivity contribution in [3.63, 3.8) is 0 Å². The zero-order valence-electron chi connectivity index (χ0n) is 16.2. The summed E-state index contributed by atoms with van der Waals surface area (Å²) in [6, 6.07) is 10.9. The third-order valence-electron chi connectivity index (χ3n) is 4.45. The average Bonchev–Trinajstić information content (AvgIpc) is 2.65. The molecule has 0 saturated carbocycles. The van der Waals surface area contributed by atoms with Crippen molar-refractivity contribution in [1.82, 2.24) is 5.32 Å². The Bertz CT molecular complexity index is 969. The molecule has 0 aliphatic carbocycles. The zero-order chi connectivity index (χ0) is 21.9. The lowest BCUT2D eigenvalue weighted by molar-refractivity contribution is -0.137. The molecule has 2 aromatic rings. The van der Waals surface area contributed by atoms with Gasteiger partial charge in [-0.2, -0.15) is 13.2 Å². The van der Waals surface area contributed by atoms with Gasteiger partial charge in [-0.3, -0.25) is 4.79 Å². The first-order valence-electron chi connectivity index (χ1n) is 8.76. The Morgan fingerprint density at radius 3 is 2.17 bits per heavy atom. The number of aryl methyl sites for hydroxylation is 1. The zero-order valence-corrected chi connectivity index (χ0v) is 17.8. The van der Waals surface area contributed by atoms with Gasteiger partial charge in [0, 0.05) is 17.2 Å². The van der Waals surface area contributed by atoms with Crippen LogP contribution in [0.4, 0.5) is 13.2 Å². The molecule has 1 N–H and O–H groups in total. The van der Waals surface area contributed by atoms with E-state index >= 15 is 0 Å². The van der Waals surface area contributed by atoms with Crippen LogP contribution in [0.25, 0.3) is 0 Å². The summed E-state index contributed by atoms with van der Waals surface area (Å²) in [5.74, 6) is -0.157. The van der Waals surface area contributed by atoms with Crippen LogP contribution in [0.3, 0.4) is 0 Å². The Labute approximate surface area is 172 Å². The summed E-state index contributed by atoms with van der Waals surface area (Å²) in [5, 5.41) is 2.61. The van der Waals surface area contributed by atoms with Gasteiger partial charge >= 0.3 is 6.18 Å². The summed E-state index contributed by atoms with van der Waals surface area (Å²) in [6.45, 7) is 4.71. The second kappa shape index (κ2) is 8.79. The number of hydrogen-bond donors (Lipinski definition) is 1. The van der Waals surface area contributed by atoms with E-state index in [9.17, 15) is 26.4 Å². The summed E-state index contributed by atoms with van der Waals surface area (Å²) in [6.07, 6.45) is -4.57. The minimum atomic E-state index is -4.57. The van der Waals surface area contributed by atoms with Crippen LogP contribution in [0.1, 0.15) is 25.0 Å². The number of carbonyl (C=O) groups excluding carboxylic acids is 1. The van der Waals surface area contributed by atoms with Crippen LogP contribution in [0.15, 0.2) is 58.3 Å². The lowest BCUT2D eigenvalue weighted by Crippen LogP contribution is -2.48. The molecule has 2 rings (SSSR count). The van der Waals surface area contributed by atoms with Crippen LogP contribution in [0.2, 0.25) is 0 Å². The molecule has 0 aliphatic heterocycles. The van der Waals surface area contributed by atoms with Gasteiger partial charge in [0.15, 0.2) is 9.84 Å². The largest absolute Gasteiger partial charge is 0.416 e. The highest BCUT2D eigenvalue weighted by atomic mass is 32.2. The molecule has 0 unspecified atom stereocenters. The van der Waals surface area contributed by atoms with Gasteiger partial charge in [-0.05, 0) is 56.7 Å². The highest BCUT2D eigenvalue weighted by Crippen LogP contribution is 2.32. The first-order valence-corrected chi connectivity index (χ1v) is 11.2. The Morgan fingerprint density at radius 2 is 1.62 bits per heavy atom. The number of thioether (sulfide) groups is 1. The first-order chi connectivity index (χ1) is 13.4. The van der Waals surface area contributed by atoms with Gasteiger partial charge < -0.3 is 5.32 Å². The molecule has 29 heavy (non-hydrogen) atoms. The predicted octanol–water partition coefficient (Wildman–Crippen LogP) is 4.47. The van der Waals surface area contributed by atoms with Crippen molar-refractivity contribution < 1.29 is 26.4 Å². The van der Waals surface area contributed by atoms with E-state index in [0.29, 0.717) is 17.9 Å². The van der Waals surface area contributed by atoms with Crippen molar-refractivity contribution in [3.05, 3.63) is 59.7 Å². The molecular formula is C20H22F3NO3S2. The van der Waals surface area contributed by atoms with Gasteiger partial charge in [-0.15, -0.1) is 11.8 Å². The summed E-state index contributed by atoms with van der Waals surface area (Å²) in [5.41, 5.74) is 0.154. The number of halogens is 3. The van der Waals surface area contributed by atoms with Crippen molar-refractivity contribution >= 4 is 27.5 Å². The Balaban J connectivity index is 2.03. The molecule has 4 nitrogen and oxygen atoms in total. The summed E-state index contributed by atoms with van der Waals surface area (Å²) >= 11 is 1.54. The number of amides is 1. The van der Waals surface area contributed by atoms with E-state index in [0.717, 1.165) is 22.6 Å². The molecule has 0 aliphatic rings. The van der Waals surface area contributed by atoms with E-state index < -0.39 is 32.2 Å². The van der Waals surface area contributed by atoms with Crippen LogP contribution in [0, 0.1) is 6.92 Å². The number of alkyl halides is 3.